The largest absolute Gasteiger partial charge is 0.465 e. The Labute approximate surface area is 161 Å². The number of carbonyl (C=O) groups is 3. The van der Waals surface area contributed by atoms with Crippen molar-refractivity contribution in [1.82, 2.24) is 0 Å². The average molecular weight is 406 g/mol. The van der Waals surface area contributed by atoms with E-state index in [1.165, 1.54) is 50.4 Å². The summed E-state index contributed by atoms with van der Waals surface area (Å²) in [7, 11) is -2.66. The predicted octanol–water partition coefficient (Wildman–Crippen LogP) is 1.30. The fourth-order valence-corrected chi connectivity index (χ4v) is 2.71. The number of amides is 1. The molecule has 0 fully saturated rings. The second kappa shape index (κ2) is 8.63. The zero-order valence-electron chi connectivity index (χ0n) is 15.0. The number of benzene rings is 2. The highest BCUT2D eigenvalue weighted by Gasteiger charge is 2.23. The molecule has 2 rings (SSSR count). The molecule has 0 aliphatic rings. The van der Waals surface area contributed by atoms with Crippen LogP contribution in [0.15, 0.2) is 53.4 Å². The molecule has 1 amide bonds. The van der Waals surface area contributed by atoms with Gasteiger partial charge in [-0.3, -0.25) is 4.79 Å². The van der Waals surface area contributed by atoms with Gasteiger partial charge < -0.3 is 14.8 Å². The standard InChI is InChI=1S/C18H18N2O7S/c1-11(16(21)20-12-7-9-13(10-8-12)28(19,24)25)27-18(23)15-6-4-3-5-14(15)17(22)26-2/h3-11H,1-2H3,(H,20,21)(H2,19,24,25). The number of methoxy groups -OCH3 is 1. The monoisotopic (exact) mass is 406 g/mol. The number of nitrogens with one attached hydrogen (secondary N) is 1. The molecule has 0 saturated carbocycles. The van der Waals surface area contributed by atoms with Crippen LogP contribution >= 0.6 is 0 Å². The Morgan fingerprint density at radius 2 is 1.50 bits per heavy atom. The van der Waals surface area contributed by atoms with Crippen LogP contribution in [0.3, 0.4) is 0 Å². The van der Waals surface area contributed by atoms with E-state index in [1.807, 2.05) is 0 Å². The van der Waals surface area contributed by atoms with Crippen LogP contribution in [0.2, 0.25) is 0 Å². The summed E-state index contributed by atoms with van der Waals surface area (Å²) >= 11 is 0. The highest BCUT2D eigenvalue weighted by molar-refractivity contribution is 7.89. The third-order valence-electron chi connectivity index (χ3n) is 3.66. The van der Waals surface area contributed by atoms with Gasteiger partial charge in [0.05, 0.1) is 23.1 Å². The summed E-state index contributed by atoms with van der Waals surface area (Å²) in [6.07, 6.45) is -1.18. The third kappa shape index (κ3) is 5.15. The van der Waals surface area contributed by atoms with Gasteiger partial charge in [-0.25, -0.2) is 23.1 Å². The lowest BCUT2D eigenvalue weighted by Gasteiger charge is -2.14. The Balaban J connectivity index is 2.06. The molecule has 2 aromatic rings. The molecule has 3 N–H and O–H groups in total. The fourth-order valence-electron chi connectivity index (χ4n) is 2.20. The molecule has 0 aromatic heterocycles. The van der Waals surface area contributed by atoms with Crippen LogP contribution in [0.5, 0.6) is 0 Å². The van der Waals surface area contributed by atoms with E-state index >= 15 is 0 Å². The zero-order chi connectivity index (χ0) is 20.9. The van der Waals surface area contributed by atoms with Gasteiger partial charge in [-0.1, -0.05) is 12.1 Å². The summed E-state index contributed by atoms with van der Waals surface area (Å²) in [6, 6.07) is 11.0. The maximum atomic E-state index is 12.3. The van der Waals surface area contributed by atoms with Gasteiger partial charge in [0, 0.05) is 5.69 Å². The minimum atomic E-state index is -3.84. The van der Waals surface area contributed by atoms with E-state index in [1.54, 1.807) is 12.1 Å². The van der Waals surface area contributed by atoms with Crippen molar-refractivity contribution >= 4 is 33.6 Å². The van der Waals surface area contributed by atoms with Crippen LogP contribution in [0.4, 0.5) is 5.69 Å². The zero-order valence-corrected chi connectivity index (χ0v) is 15.9. The Kier molecular flexibility index (Phi) is 6.49. The van der Waals surface area contributed by atoms with Crippen molar-refractivity contribution in [2.45, 2.75) is 17.9 Å². The van der Waals surface area contributed by atoms with Crippen molar-refractivity contribution in [1.29, 1.82) is 0 Å². The molecule has 0 aliphatic heterocycles. The van der Waals surface area contributed by atoms with Crippen molar-refractivity contribution in [3.63, 3.8) is 0 Å². The molecule has 148 valence electrons. The summed E-state index contributed by atoms with van der Waals surface area (Å²) in [4.78, 5) is 36.2. The SMILES string of the molecule is COC(=O)c1ccccc1C(=O)OC(C)C(=O)Nc1ccc(S(N)(=O)=O)cc1. The number of primary sulfonamides is 1. The summed E-state index contributed by atoms with van der Waals surface area (Å²) in [6.45, 7) is 1.35. The normalized spacial score (nSPS) is 12.0. The summed E-state index contributed by atoms with van der Waals surface area (Å²) in [5.41, 5.74) is 0.267. The number of hydrogen-bond donors (Lipinski definition) is 2. The molecule has 9 nitrogen and oxygen atoms in total. The van der Waals surface area contributed by atoms with E-state index < -0.39 is 34.0 Å². The molecule has 1 atom stereocenters. The molecular weight excluding hydrogens is 388 g/mol. The van der Waals surface area contributed by atoms with E-state index in [9.17, 15) is 22.8 Å². The lowest BCUT2D eigenvalue weighted by Crippen LogP contribution is -2.30. The quantitative estimate of drug-likeness (QED) is 0.689. The highest BCUT2D eigenvalue weighted by atomic mass is 32.2. The smallest absolute Gasteiger partial charge is 0.339 e. The van der Waals surface area contributed by atoms with Gasteiger partial charge in [0.25, 0.3) is 5.91 Å². The topological polar surface area (TPSA) is 142 Å². The molecule has 28 heavy (non-hydrogen) atoms. The summed E-state index contributed by atoms with van der Waals surface area (Å²) in [5, 5.41) is 7.49. The molecule has 2 aromatic carbocycles. The van der Waals surface area contributed by atoms with E-state index in [-0.39, 0.29) is 21.7 Å². The Bertz CT molecular complexity index is 1000. The van der Waals surface area contributed by atoms with E-state index in [4.69, 9.17) is 9.88 Å². The Morgan fingerprint density at radius 3 is 2.00 bits per heavy atom. The van der Waals surface area contributed by atoms with Crippen LogP contribution in [-0.2, 0) is 24.3 Å². The summed E-state index contributed by atoms with van der Waals surface area (Å²) in [5.74, 6) is -2.22. The van der Waals surface area contributed by atoms with Crippen molar-refractivity contribution in [3.8, 4) is 0 Å². The Hall–Kier alpha value is -3.24. The van der Waals surface area contributed by atoms with E-state index in [0.29, 0.717) is 0 Å². The van der Waals surface area contributed by atoms with Gasteiger partial charge in [-0.15, -0.1) is 0 Å². The number of ether oxygens (including phenoxy) is 2. The van der Waals surface area contributed by atoms with E-state index in [2.05, 4.69) is 10.1 Å². The number of hydrogen-bond acceptors (Lipinski definition) is 7. The second-order valence-electron chi connectivity index (χ2n) is 5.64. The molecule has 0 aliphatic carbocycles. The van der Waals surface area contributed by atoms with Crippen molar-refractivity contribution < 1.29 is 32.3 Å². The lowest BCUT2D eigenvalue weighted by molar-refractivity contribution is -0.123. The molecule has 0 saturated heterocycles. The van der Waals surface area contributed by atoms with Crippen LogP contribution in [-0.4, -0.2) is 39.5 Å². The third-order valence-corrected chi connectivity index (χ3v) is 4.58. The van der Waals surface area contributed by atoms with E-state index in [0.717, 1.165) is 0 Å². The number of carbonyl (C=O) groups excluding carboxylic acids is 3. The molecule has 0 heterocycles. The molecular formula is C18H18N2O7S. The first kappa shape index (κ1) is 21.1. The average Bonchev–Trinajstić information content (AvgIpc) is 2.66. The van der Waals surface area contributed by atoms with Gasteiger partial charge in [0.2, 0.25) is 10.0 Å². The van der Waals surface area contributed by atoms with Crippen LogP contribution in [0.25, 0.3) is 0 Å². The maximum Gasteiger partial charge on any atom is 0.339 e. The predicted molar refractivity (Wildman–Crippen MR) is 99.1 cm³/mol. The first-order valence-corrected chi connectivity index (χ1v) is 9.50. The summed E-state index contributed by atoms with van der Waals surface area (Å²) < 4.78 is 32.2. The number of sulfonamides is 1. The molecule has 0 radical (unpaired) electrons. The van der Waals surface area contributed by atoms with Gasteiger partial charge in [0.15, 0.2) is 6.10 Å². The maximum absolute atomic E-state index is 12.3. The lowest BCUT2D eigenvalue weighted by atomic mass is 10.1. The second-order valence-corrected chi connectivity index (χ2v) is 7.20. The van der Waals surface area contributed by atoms with Crippen molar-refractivity contribution in [2.75, 3.05) is 12.4 Å². The molecule has 10 heteroatoms. The van der Waals surface area contributed by atoms with Crippen molar-refractivity contribution in [3.05, 3.63) is 59.7 Å². The Morgan fingerprint density at radius 1 is 0.964 bits per heavy atom. The van der Waals surface area contributed by atoms with Gasteiger partial charge in [-0.05, 0) is 43.3 Å². The van der Waals surface area contributed by atoms with Crippen molar-refractivity contribution in [2.24, 2.45) is 5.14 Å². The highest BCUT2D eigenvalue weighted by Crippen LogP contribution is 2.15. The number of esters is 2. The number of anilines is 1. The van der Waals surface area contributed by atoms with Gasteiger partial charge in [0.1, 0.15) is 0 Å². The minimum Gasteiger partial charge on any atom is -0.465 e. The minimum absolute atomic E-state index is 0.0150. The first-order valence-electron chi connectivity index (χ1n) is 7.95. The number of nitrogens with two attached hydrogens (primary N) is 1. The molecule has 0 spiro atoms. The number of rotatable bonds is 6. The molecule has 1 unspecified atom stereocenters. The van der Waals surface area contributed by atoms with Crippen LogP contribution in [0.1, 0.15) is 27.6 Å². The van der Waals surface area contributed by atoms with Crippen LogP contribution < -0.4 is 10.5 Å². The van der Waals surface area contributed by atoms with Crippen LogP contribution in [0, 0.1) is 0 Å². The molecule has 0 bridgehead atoms. The fraction of sp³-hybridized carbons (Fsp3) is 0.167. The van der Waals surface area contributed by atoms with Gasteiger partial charge in [-0.2, -0.15) is 0 Å². The first-order chi connectivity index (χ1) is 13.1. The van der Waals surface area contributed by atoms with Gasteiger partial charge >= 0.3 is 11.9 Å².